The van der Waals surface area contributed by atoms with Gasteiger partial charge in [-0.3, -0.25) is 9.69 Å². The quantitative estimate of drug-likeness (QED) is 0.407. The molecule has 3 fully saturated rings. The summed E-state index contributed by atoms with van der Waals surface area (Å²) in [6.07, 6.45) is 6.15. The van der Waals surface area contributed by atoms with Crippen molar-refractivity contribution in [3.05, 3.63) is 71.3 Å². The first-order valence-corrected chi connectivity index (χ1v) is 14.2. The first-order valence-electron chi connectivity index (χ1n) is 14.2. The van der Waals surface area contributed by atoms with Gasteiger partial charge in [0.1, 0.15) is 17.7 Å². The summed E-state index contributed by atoms with van der Waals surface area (Å²) < 4.78 is 27.3. The van der Waals surface area contributed by atoms with Crippen molar-refractivity contribution < 1.29 is 23.8 Å². The van der Waals surface area contributed by atoms with E-state index in [1.165, 1.54) is 18.2 Å². The zero-order valence-electron chi connectivity index (χ0n) is 22.0. The largest absolute Gasteiger partial charge is 0.480 e. The highest BCUT2D eigenvalue weighted by atomic mass is 19.1. The lowest BCUT2D eigenvalue weighted by molar-refractivity contribution is -0.143. The Bertz CT molecular complexity index is 1070. The van der Waals surface area contributed by atoms with Crippen molar-refractivity contribution in [3.8, 4) is 0 Å². The summed E-state index contributed by atoms with van der Waals surface area (Å²) in [4.78, 5) is 16.8. The van der Waals surface area contributed by atoms with Gasteiger partial charge in [0.25, 0.3) is 0 Å². The molecule has 2 N–H and O–H groups in total. The van der Waals surface area contributed by atoms with Crippen molar-refractivity contribution >= 4 is 5.97 Å². The Kier molecular flexibility index (Phi) is 8.76. The Morgan fingerprint density at radius 1 is 0.947 bits per heavy atom. The summed E-state index contributed by atoms with van der Waals surface area (Å²) in [6, 6.07) is 12.5. The van der Waals surface area contributed by atoms with Gasteiger partial charge in [0.05, 0.1) is 6.10 Å². The molecule has 2 aromatic rings. The van der Waals surface area contributed by atoms with E-state index < -0.39 is 18.1 Å². The smallest absolute Gasteiger partial charge is 0.320 e. The number of carbonyl (C=O) groups is 1. The molecule has 2 heterocycles. The number of hydrogen-bond donors (Lipinski definition) is 2. The minimum atomic E-state index is -0.737. The first-order chi connectivity index (χ1) is 18.4. The molecule has 0 aromatic heterocycles. The van der Waals surface area contributed by atoms with Crippen LogP contribution in [0.15, 0.2) is 48.5 Å². The lowest BCUT2D eigenvalue weighted by Crippen LogP contribution is -2.41. The molecule has 2 aliphatic heterocycles. The summed E-state index contributed by atoms with van der Waals surface area (Å²) in [5.74, 6) is 0.193. The fourth-order valence-corrected chi connectivity index (χ4v) is 6.57. The number of piperidine rings is 1. The lowest BCUT2D eigenvalue weighted by Gasteiger charge is -2.35. The van der Waals surface area contributed by atoms with E-state index in [1.807, 2.05) is 6.07 Å². The summed E-state index contributed by atoms with van der Waals surface area (Å²) in [5, 5.41) is 20.5. The van der Waals surface area contributed by atoms with Crippen LogP contribution in [0.2, 0.25) is 0 Å². The van der Waals surface area contributed by atoms with E-state index in [1.54, 1.807) is 24.3 Å². The van der Waals surface area contributed by atoms with Crippen LogP contribution >= 0.6 is 0 Å². The second-order valence-corrected chi connectivity index (χ2v) is 11.8. The standard InChI is InChI=1S/C31H40F2N2O3/c32-26-9-7-23(8-10-26)30(36)11-6-21-12-14-34(15-13-21)18-25-19-35(29(31(37)38)16-22-4-5-22)20-28(25)24-2-1-3-27(33)17-24/h1-3,7-10,17,21-22,25,28-30,36H,4-6,11-16,18-20H2,(H,37,38)/t25-,28+,29+,30?/m0/s1. The molecule has 0 bridgehead atoms. The third kappa shape index (κ3) is 6.99. The molecule has 0 amide bonds. The molecule has 1 saturated carbocycles. The van der Waals surface area contributed by atoms with E-state index in [2.05, 4.69) is 9.80 Å². The zero-order chi connectivity index (χ0) is 26.6. The highest BCUT2D eigenvalue weighted by Crippen LogP contribution is 2.40. The number of likely N-dealkylation sites (tertiary alicyclic amines) is 2. The van der Waals surface area contributed by atoms with Crippen LogP contribution in [0.5, 0.6) is 0 Å². The number of aliphatic hydroxyl groups is 1. The third-order valence-corrected chi connectivity index (χ3v) is 9.03. The van der Waals surface area contributed by atoms with E-state index >= 15 is 0 Å². The van der Waals surface area contributed by atoms with Crippen LogP contribution in [0.25, 0.3) is 0 Å². The van der Waals surface area contributed by atoms with Crippen molar-refractivity contribution in [2.24, 2.45) is 17.8 Å². The molecule has 0 spiro atoms. The van der Waals surface area contributed by atoms with Crippen LogP contribution in [0.3, 0.4) is 0 Å². The molecule has 38 heavy (non-hydrogen) atoms. The SMILES string of the molecule is O=C(O)[C@@H](CC1CC1)N1C[C@H](CN2CCC(CCC(O)c3ccc(F)cc3)CC2)[C@@H](c2cccc(F)c2)C1. The normalized spacial score (nSPS) is 24.9. The second kappa shape index (κ2) is 12.2. The van der Waals surface area contributed by atoms with Crippen molar-refractivity contribution in [3.63, 3.8) is 0 Å². The predicted octanol–water partition coefficient (Wildman–Crippen LogP) is 5.46. The minimum absolute atomic E-state index is 0.121. The molecule has 4 atom stereocenters. The number of benzene rings is 2. The average molecular weight is 527 g/mol. The predicted molar refractivity (Wildman–Crippen MR) is 143 cm³/mol. The maximum absolute atomic E-state index is 14.1. The van der Waals surface area contributed by atoms with Crippen molar-refractivity contribution in [1.82, 2.24) is 9.80 Å². The highest BCUT2D eigenvalue weighted by Gasteiger charge is 2.42. The molecule has 1 unspecified atom stereocenters. The van der Waals surface area contributed by atoms with E-state index in [-0.39, 0.29) is 23.5 Å². The molecule has 1 aliphatic carbocycles. The monoisotopic (exact) mass is 526 g/mol. The maximum Gasteiger partial charge on any atom is 0.320 e. The number of aliphatic hydroxyl groups excluding tert-OH is 1. The van der Waals surface area contributed by atoms with Gasteiger partial charge in [0, 0.05) is 25.6 Å². The summed E-state index contributed by atoms with van der Waals surface area (Å²) >= 11 is 0. The highest BCUT2D eigenvalue weighted by molar-refractivity contribution is 5.73. The van der Waals surface area contributed by atoms with Gasteiger partial charge in [-0.25, -0.2) is 8.78 Å². The Hall–Kier alpha value is -2.35. The summed E-state index contributed by atoms with van der Waals surface area (Å²) in [5.41, 5.74) is 1.73. The Balaban J connectivity index is 1.17. The van der Waals surface area contributed by atoms with Crippen LogP contribution in [-0.4, -0.2) is 64.7 Å². The first kappa shape index (κ1) is 27.2. The van der Waals surface area contributed by atoms with Crippen LogP contribution in [0.1, 0.15) is 68.1 Å². The Morgan fingerprint density at radius 2 is 1.68 bits per heavy atom. The van der Waals surface area contributed by atoms with E-state index in [0.717, 1.165) is 69.4 Å². The number of aliphatic carboxylic acids is 1. The number of hydrogen-bond acceptors (Lipinski definition) is 4. The number of nitrogens with zero attached hydrogens (tertiary/aromatic N) is 2. The van der Waals surface area contributed by atoms with Crippen molar-refractivity contribution in [2.75, 3.05) is 32.7 Å². The average Bonchev–Trinajstić information content (AvgIpc) is 3.64. The van der Waals surface area contributed by atoms with Gasteiger partial charge in [0.2, 0.25) is 0 Å². The van der Waals surface area contributed by atoms with Gasteiger partial charge in [-0.05, 0) is 98.3 Å². The molecular weight excluding hydrogens is 486 g/mol. The molecule has 3 aliphatic rings. The van der Waals surface area contributed by atoms with Crippen LogP contribution < -0.4 is 0 Å². The molecule has 2 aromatic carbocycles. The van der Waals surface area contributed by atoms with Gasteiger partial charge in [-0.1, -0.05) is 37.1 Å². The molecule has 7 heteroatoms. The molecule has 0 radical (unpaired) electrons. The van der Waals surface area contributed by atoms with E-state index in [0.29, 0.717) is 31.2 Å². The molecule has 206 valence electrons. The van der Waals surface area contributed by atoms with Crippen LogP contribution in [0.4, 0.5) is 8.78 Å². The number of carboxylic acids is 1. The van der Waals surface area contributed by atoms with Gasteiger partial charge < -0.3 is 15.1 Å². The van der Waals surface area contributed by atoms with Crippen LogP contribution in [-0.2, 0) is 4.79 Å². The fourth-order valence-electron chi connectivity index (χ4n) is 6.57. The maximum atomic E-state index is 14.1. The topological polar surface area (TPSA) is 64.0 Å². The van der Waals surface area contributed by atoms with Gasteiger partial charge >= 0.3 is 5.97 Å². The van der Waals surface area contributed by atoms with Crippen LogP contribution in [0, 0.1) is 29.4 Å². The number of carboxylic acid groups (broad SMARTS) is 1. The van der Waals surface area contributed by atoms with Crippen molar-refractivity contribution in [1.29, 1.82) is 0 Å². The lowest BCUT2D eigenvalue weighted by atomic mass is 9.86. The number of rotatable bonds is 11. The van der Waals surface area contributed by atoms with Crippen molar-refractivity contribution in [2.45, 2.75) is 63.0 Å². The Labute approximate surface area is 224 Å². The molecule has 5 nitrogen and oxygen atoms in total. The summed E-state index contributed by atoms with van der Waals surface area (Å²) in [7, 11) is 0. The minimum Gasteiger partial charge on any atom is -0.480 e. The Morgan fingerprint density at radius 3 is 2.34 bits per heavy atom. The van der Waals surface area contributed by atoms with E-state index in [9.17, 15) is 23.8 Å². The molecule has 5 rings (SSSR count). The van der Waals surface area contributed by atoms with Gasteiger partial charge in [-0.15, -0.1) is 0 Å². The summed E-state index contributed by atoms with van der Waals surface area (Å²) in [6.45, 7) is 4.24. The second-order valence-electron chi connectivity index (χ2n) is 11.8. The molecule has 2 saturated heterocycles. The van der Waals surface area contributed by atoms with Gasteiger partial charge in [0.15, 0.2) is 0 Å². The van der Waals surface area contributed by atoms with E-state index in [4.69, 9.17) is 0 Å². The fraction of sp³-hybridized carbons (Fsp3) is 0.581. The number of halogens is 2. The van der Waals surface area contributed by atoms with Gasteiger partial charge in [-0.2, -0.15) is 0 Å². The zero-order valence-corrected chi connectivity index (χ0v) is 22.0. The molecular formula is C31H40F2N2O3. The third-order valence-electron chi connectivity index (χ3n) is 9.03.